The smallest absolute Gasteiger partial charge is 0.118 e. The Kier molecular flexibility index (Phi) is 3.80. The maximum atomic E-state index is 9.28. The van der Waals surface area contributed by atoms with E-state index < -0.39 is 0 Å². The summed E-state index contributed by atoms with van der Waals surface area (Å²) in [6.45, 7) is 1.61. The van der Waals surface area contributed by atoms with Crippen LogP contribution in [0.15, 0.2) is 24.3 Å². The summed E-state index contributed by atoms with van der Waals surface area (Å²) in [5.74, 6) is 1.62. The van der Waals surface area contributed by atoms with Crippen molar-refractivity contribution in [2.75, 3.05) is 20.2 Å². The van der Waals surface area contributed by atoms with E-state index >= 15 is 0 Å². The molecule has 0 bridgehead atoms. The first-order valence-corrected chi connectivity index (χ1v) is 5.84. The van der Waals surface area contributed by atoms with Gasteiger partial charge in [-0.2, -0.15) is 5.06 Å². The Balaban J connectivity index is 1.88. The highest BCUT2D eigenvalue weighted by Gasteiger charge is 2.17. The van der Waals surface area contributed by atoms with E-state index in [4.69, 9.17) is 4.74 Å². The van der Waals surface area contributed by atoms with E-state index in [2.05, 4.69) is 12.1 Å². The van der Waals surface area contributed by atoms with Gasteiger partial charge in [0.05, 0.1) is 7.11 Å². The molecule has 0 atom stereocenters. The molecule has 2 rings (SSSR count). The second kappa shape index (κ2) is 5.32. The van der Waals surface area contributed by atoms with Gasteiger partial charge in [-0.1, -0.05) is 12.1 Å². The van der Waals surface area contributed by atoms with Gasteiger partial charge in [0.15, 0.2) is 0 Å². The Bertz CT molecular complexity index is 315. The highest BCUT2D eigenvalue weighted by molar-refractivity contribution is 5.27. The standard InChI is InChI=1S/C13H19NO2/c1-16-13-4-2-11(3-5-13)10-12-6-8-14(15)9-7-12/h2-5,12,15H,6-10H2,1H3. The van der Waals surface area contributed by atoms with Crippen LogP contribution in [-0.2, 0) is 6.42 Å². The fraction of sp³-hybridized carbons (Fsp3) is 0.538. The van der Waals surface area contributed by atoms with Crippen molar-refractivity contribution in [1.29, 1.82) is 0 Å². The number of hydroxylamine groups is 2. The predicted octanol–water partition coefficient (Wildman–Crippen LogP) is 2.34. The van der Waals surface area contributed by atoms with Gasteiger partial charge in [-0.25, -0.2) is 0 Å². The zero-order chi connectivity index (χ0) is 11.4. The quantitative estimate of drug-likeness (QED) is 0.850. The first-order valence-electron chi connectivity index (χ1n) is 5.84. The minimum absolute atomic E-state index is 0.705. The highest BCUT2D eigenvalue weighted by atomic mass is 16.5. The van der Waals surface area contributed by atoms with Crippen molar-refractivity contribution in [3.05, 3.63) is 29.8 Å². The van der Waals surface area contributed by atoms with Gasteiger partial charge < -0.3 is 9.94 Å². The SMILES string of the molecule is COc1ccc(CC2CCN(O)CC2)cc1. The molecule has 1 aromatic rings. The molecule has 0 aliphatic carbocycles. The maximum absolute atomic E-state index is 9.28. The van der Waals surface area contributed by atoms with Crippen molar-refractivity contribution < 1.29 is 9.94 Å². The molecule has 0 saturated carbocycles. The molecule has 0 spiro atoms. The van der Waals surface area contributed by atoms with E-state index in [0.29, 0.717) is 5.92 Å². The summed E-state index contributed by atoms with van der Waals surface area (Å²) in [5.41, 5.74) is 1.36. The number of rotatable bonds is 3. The molecule has 0 aromatic heterocycles. The summed E-state index contributed by atoms with van der Waals surface area (Å²) in [6, 6.07) is 8.28. The van der Waals surface area contributed by atoms with Crippen LogP contribution in [-0.4, -0.2) is 30.5 Å². The van der Waals surface area contributed by atoms with Crippen molar-refractivity contribution in [2.24, 2.45) is 5.92 Å². The van der Waals surface area contributed by atoms with E-state index in [-0.39, 0.29) is 0 Å². The molecule has 1 aliphatic rings. The number of piperidine rings is 1. The average Bonchev–Trinajstić information content (AvgIpc) is 2.33. The Morgan fingerprint density at radius 3 is 2.44 bits per heavy atom. The number of hydrogen-bond donors (Lipinski definition) is 1. The third-order valence-electron chi connectivity index (χ3n) is 3.27. The first kappa shape index (κ1) is 11.4. The molecule has 1 aromatic carbocycles. The summed E-state index contributed by atoms with van der Waals surface area (Å²) >= 11 is 0. The van der Waals surface area contributed by atoms with Gasteiger partial charge in [0, 0.05) is 13.1 Å². The summed E-state index contributed by atoms with van der Waals surface area (Å²) in [7, 11) is 1.69. The van der Waals surface area contributed by atoms with E-state index in [1.165, 1.54) is 10.6 Å². The van der Waals surface area contributed by atoms with Crippen LogP contribution < -0.4 is 4.74 Å². The molecule has 1 saturated heterocycles. The fourth-order valence-electron chi connectivity index (χ4n) is 2.22. The molecule has 0 radical (unpaired) electrons. The van der Waals surface area contributed by atoms with Crippen LogP contribution in [0.25, 0.3) is 0 Å². The number of methoxy groups -OCH3 is 1. The second-order valence-corrected chi connectivity index (χ2v) is 4.45. The van der Waals surface area contributed by atoms with Crippen LogP contribution in [0.3, 0.4) is 0 Å². The zero-order valence-electron chi connectivity index (χ0n) is 9.72. The number of ether oxygens (including phenoxy) is 1. The molecule has 88 valence electrons. The first-order chi connectivity index (χ1) is 7.78. The molecule has 1 heterocycles. The van der Waals surface area contributed by atoms with Gasteiger partial charge in [0.25, 0.3) is 0 Å². The number of hydrogen-bond acceptors (Lipinski definition) is 3. The molecule has 0 unspecified atom stereocenters. The number of benzene rings is 1. The van der Waals surface area contributed by atoms with Crippen molar-refractivity contribution in [2.45, 2.75) is 19.3 Å². The van der Waals surface area contributed by atoms with Gasteiger partial charge >= 0.3 is 0 Å². The van der Waals surface area contributed by atoms with Crippen molar-refractivity contribution in [3.63, 3.8) is 0 Å². The van der Waals surface area contributed by atoms with Crippen molar-refractivity contribution in [1.82, 2.24) is 5.06 Å². The number of nitrogens with zero attached hydrogens (tertiary/aromatic N) is 1. The summed E-state index contributed by atoms with van der Waals surface area (Å²) in [5, 5.41) is 10.7. The monoisotopic (exact) mass is 221 g/mol. The van der Waals surface area contributed by atoms with Gasteiger partial charge in [-0.05, 0) is 42.9 Å². The summed E-state index contributed by atoms with van der Waals surface area (Å²) < 4.78 is 5.13. The van der Waals surface area contributed by atoms with Crippen molar-refractivity contribution >= 4 is 0 Å². The van der Waals surface area contributed by atoms with E-state index in [0.717, 1.165) is 38.1 Å². The molecular formula is C13H19NO2. The lowest BCUT2D eigenvalue weighted by Crippen LogP contribution is -2.31. The molecule has 16 heavy (non-hydrogen) atoms. The lowest BCUT2D eigenvalue weighted by atomic mass is 9.91. The molecule has 3 nitrogen and oxygen atoms in total. The second-order valence-electron chi connectivity index (χ2n) is 4.45. The van der Waals surface area contributed by atoms with Crippen LogP contribution >= 0.6 is 0 Å². The lowest BCUT2D eigenvalue weighted by Gasteiger charge is -2.27. The fourth-order valence-corrected chi connectivity index (χ4v) is 2.22. The van der Waals surface area contributed by atoms with Gasteiger partial charge in [0.1, 0.15) is 5.75 Å². The topological polar surface area (TPSA) is 32.7 Å². The summed E-state index contributed by atoms with van der Waals surface area (Å²) in [4.78, 5) is 0. The van der Waals surface area contributed by atoms with Crippen LogP contribution in [0, 0.1) is 5.92 Å². The molecular weight excluding hydrogens is 202 g/mol. The van der Waals surface area contributed by atoms with E-state index in [1.807, 2.05) is 12.1 Å². The largest absolute Gasteiger partial charge is 0.497 e. The molecule has 3 heteroatoms. The molecule has 0 amide bonds. The minimum Gasteiger partial charge on any atom is -0.497 e. The molecule has 1 aliphatic heterocycles. The van der Waals surface area contributed by atoms with Crippen LogP contribution in [0.4, 0.5) is 0 Å². The van der Waals surface area contributed by atoms with E-state index in [9.17, 15) is 5.21 Å². The summed E-state index contributed by atoms with van der Waals surface area (Å²) in [6.07, 6.45) is 3.28. The highest BCUT2D eigenvalue weighted by Crippen LogP contribution is 2.21. The molecule has 1 N–H and O–H groups in total. The Morgan fingerprint density at radius 2 is 1.88 bits per heavy atom. The third kappa shape index (κ3) is 2.97. The van der Waals surface area contributed by atoms with Crippen LogP contribution in [0.2, 0.25) is 0 Å². The minimum atomic E-state index is 0.705. The van der Waals surface area contributed by atoms with Crippen molar-refractivity contribution in [3.8, 4) is 5.75 Å². The van der Waals surface area contributed by atoms with Gasteiger partial charge in [-0.3, -0.25) is 0 Å². The Hall–Kier alpha value is -1.06. The Labute approximate surface area is 96.6 Å². The van der Waals surface area contributed by atoms with Gasteiger partial charge in [0.2, 0.25) is 0 Å². The maximum Gasteiger partial charge on any atom is 0.118 e. The zero-order valence-corrected chi connectivity index (χ0v) is 9.72. The Morgan fingerprint density at radius 1 is 1.25 bits per heavy atom. The third-order valence-corrected chi connectivity index (χ3v) is 3.27. The molecule has 1 fully saturated rings. The van der Waals surface area contributed by atoms with Gasteiger partial charge in [-0.15, -0.1) is 0 Å². The van der Waals surface area contributed by atoms with E-state index in [1.54, 1.807) is 7.11 Å². The van der Waals surface area contributed by atoms with Crippen LogP contribution in [0.1, 0.15) is 18.4 Å². The predicted molar refractivity (Wildman–Crippen MR) is 62.8 cm³/mol. The average molecular weight is 221 g/mol. The normalized spacial score (nSPS) is 18.6. The lowest BCUT2D eigenvalue weighted by molar-refractivity contribution is -0.111. The van der Waals surface area contributed by atoms with Crippen LogP contribution in [0.5, 0.6) is 5.75 Å².